The molecule has 0 radical (unpaired) electrons. The Morgan fingerprint density at radius 3 is 2.87 bits per heavy atom. The molecule has 3 rings (SSSR count). The molecule has 1 aromatic rings. The SMILES string of the molecule is C[C@@H]1CO[C@@H](c2ccccc2)CN1CC(=O)NC[C@H]1CCCO1. The smallest absolute Gasteiger partial charge is 0.234 e. The number of amides is 1. The standard InChI is InChI=1S/C18H26N2O3/c1-14-13-23-17(15-6-3-2-4-7-15)11-20(14)12-18(21)19-10-16-8-5-9-22-16/h2-4,6-7,14,16-17H,5,8-13H2,1H3,(H,19,21)/t14-,16-,17-/m1/s1. The molecule has 0 bridgehead atoms. The molecule has 1 N–H and O–H groups in total. The third-order valence-electron chi connectivity index (χ3n) is 4.63. The van der Waals surface area contributed by atoms with Gasteiger partial charge in [0, 0.05) is 25.7 Å². The lowest BCUT2D eigenvalue weighted by molar-refractivity contribution is -0.127. The van der Waals surface area contributed by atoms with Crippen LogP contribution in [-0.2, 0) is 14.3 Å². The molecule has 2 aliphatic heterocycles. The van der Waals surface area contributed by atoms with Crippen molar-refractivity contribution in [2.24, 2.45) is 0 Å². The molecule has 126 valence electrons. The molecule has 2 heterocycles. The Kier molecular flexibility index (Phi) is 5.65. The summed E-state index contributed by atoms with van der Waals surface area (Å²) in [4.78, 5) is 14.4. The molecule has 2 saturated heterocycles. The number of nitrogens with one attached hydrogen (secondary N) is 1. The molecule has 0 saturated carbocycles. The Hall–Kier alpha value is -1.43. The fourth-order valence-corrected chi connectivity index (χ4v) is 3.17. The van der Waals surface area contributed by atoms with E-state index in [2.05, 4.69) is 29.3 Å². The van der Waals surface area contributed by atoms with Crippen LogP contribution in [0.5, 0.6) is 0 Å². The number of rotatable bonds is 5. The summed E-state index contributed by atoms with van der Waals surface area (Å²) in [5.74, 6) is 0.0704. The van der Waals surface area contributed by atoms with Gasteiger partial charge in [-0.1, -0.05) is 30.3 Å². The van der Waals surface area contributed by atoms with Crippen LogP contribution >= 0.6 is 0 Å². The van der Waals surface area contributed by atoms with Crippen molar-refractivity contribution in [2.45, 2.75) is 38.0 Å². The Bertz CT molecular complexity index is 502. The highest BCUT2D eigenvalue weighted by Gasteiger charge is 2.28. The zero-order valence-electron chi connectivity index (χ0n) is 13.7. The maximum Gasteiger partial charge on any atom is 0.234 e. The van der Waals surface area contributed by atoms with E-state index in [0.717, 1.165) is 26.0 Å². The van der Waals surface area contributed by atoms with Crippen molar-refractivity contribution in [3.63, 3.8) is 0 Å². The normalized spacial score (nSPS) is 28.7. The minimum atomic E-state index is 0.0402. The van der Waals surface area contributed by atoms with Crippen molar-refractivity contribution in [2.75, 3.05) is 32.8 Å². The number of hydrogen-bond acceptors (Lipinski definition) is 4. The molecule has 5 heteroatoms. The first-order valence-corrected chi connectivity index (χ1v) is 8.51. The van der Waals surface area contributed by atoms with Crippen LogP contribution in [0.2, 0.25) is 0 Å². The summed E-state index contributed by atoms with van der Waals surface area (Å²) in [5.41, 5.74) is 1.17. The highest BCUT2D eigenvalue weighted by molar-refractivity contribution is 5.78. The van der Waals surface area contributed by atoms with Crippen molar-refractivity contribution in [3.05, 3.63) is 35.9 Å². The molecule has 2 fully saturated rings. The quantitative estimate of drug-likeness (QED) is 0.898. The maximum atomic E-state index is 12.2. The molecule has 0 aromatic heterocycles. The number of ether oxygens (including phenoxy) is 2. The van der Waals surface area contributed by atoms with E-state index < -0.39 is 0 Å². The minimum Gasteiger partial charge on any atom is -0.376 e. The first-order chi connectivity index (χ1) is 11.2. The summed E-state index contributed by atoms with van der Waals surface area (Å²) in [6, 6.07) is 10.5. The second-order valence-electron chi connectivity index (χ2n) is 6.45. The Balaban J connectivity index is 1.50. The predicted octanol–water partition coefficient (Wildman–Crippen LogP) is 1.74. The van der Waals surface area contributed by atoms with Gasteiger partial charge in [0.1, 0.15) is 0 Å². The van der Waals surface area contributed by atoms with Gasteiger partial charge >= 0.3 is 0 Å². The molecular formula is C18H26N2O3. The number of morpholine rings is 1. The third kappa shape index (κ3) is 4.53. The lowest BCUT2D eigenvalue weighted by Crippen LogP contribution is -2.49. The molecule has 23 heavy (non-hydrogen) atoms. The molecule has 1 aromatic carbocycles. The summed E-state index contributed by atoms with van der Waals surface area (Å²) in [6.45, 7) is 5.37. The van der Waals surface area contributed by atoms with Crippen LogP contribution in [0.1, 0.15) is 31.4 Å². The average Bonchev–Trinajstić information content (AvgIpc) is 3.09. The lowest BCUT2D eigenvalue weighted by atomic mass is 10.1. The van der Waals surface area contributed by atoms with Crippen LogP contribution in [0.3, 0.4) is 0 Å². The molecule has 0 unspecified atom stereocenters. The Morgan fingerprint density at radius 2 is 2.13 bits per heavy atom. The van der Waals surface area contributed by atoms with Gasteiger partial charge in [-0.2, -0.15) is 0 Å². The first kappa shape index (κ1) is 16.4. The highest BCUT2D eigenvalue weighted by atomic mass is 16.5. The van der Waals surface area contributed by atoms with Crippen LogP contribution in [0.15, 0.2) is 30.3 Å². The summed E-state index contributed by atoms with van der Waals surface area (Å²) >= 11 is 0. The van der Waals surface area contributed by atoms with Gasteiger partial charge in [0.15, 0.2) is 0 Å². The summed E-state index contributed by atoms with van der Waals surface area (Å²) < 4.78 is 11.5. The second kappa shape index (κ2) is 7.90. The van der Waals surface area contributed by atoms with Crippen LogP contribution in [0.4, 0.5) is 0 Å². The number of carbonyl (C=O) groups is 1. The summed E-state index contributed by atoms with van der Waals surface area (Å²) in [7, 11) is 0. The van der Waals surface area contributed by atoms with Crippen LogP contribution in [0, 0.1) is 0 Å². The second-order valence-corrected chi connectivity index (χ2v) is 6.45. The van der Waals surface area contributed by atoms with Crippen LogP contribution in [-0.4, -0.2) is 55.8 Å². The van der Waals surface area contributed by atoms with Gasteiger partial charge < -0.3 is 14.8 Å². The maximum absolute atomic E-state index is 12.2. The van der Waals surface area contributed by atoms with E-state index in [9.17, 15) is 4.79 Å². The number of benzene rings is 1. The van der Waals surface area contributed by atoms with E-state index in [1.54, 1.807) is 0 Å². The van der Waals surface area contributed by atoms with Gasteiger partial charge in [0.2, 0.25) is 5.91 Å². The molecule has 5 nitrogen and oxygen atoms in total. The van der Waals surface area contributed by atoms with Crippen molar-refractivity contribution in [3.8, 4) is 0 Å². The molecule has 2 aliphatic rings. The van der Waals surface area contributed by atoms with Gasteiger partial charge in [-0.05, 0) is 25.3 Å². The van der Waals surface area contributed by atoms with Crippen molar-refractivity contribution < 1.29 is 14.3 Å². The van der Waals surface area contributed by atoms with Crippen LogP contribution in [0.25, 0.3) is 0 Å². The Labute approximate surface area is 137 Å². The Morgan fingerprint density at radius 1 is 1.30 bits per heavy atom. The van der Waals surface area contributed by atoms with E-state index in [1.165, 1.54) is 5.56 Å². The number of nitrogens with zero attached hydrogens (tertiary/aromatic N) is 1. The molecule has 1 amide bonds. The topological polar surface area (TPSA) is 50.8 Å². The third-order valence-corrected chi connectivity index (χ3v) is 4.63. The largest absolute Gasteiger partial charge is 0.376 e. The van der Waals surface area contributed by atoms with Gasteiger partial charge in [-0.15, -0.1) is 0 Å². The number of hydrogen-bond donors (Lipinski definition) is 1. The zero-order valence-corrected chi connectivity index (χ0v) is 13.7. The van der Waals surface area contributed by atoms with Crippen molar-refractivity contribution in [1.82, 2.24) is 10.2 Å². The average molecular weight is 318 g/mol. The molecule has 0 aliphatic carbocycles. The molecule has 3 atom stereocenters. The lowest BCUT2D eigenvalue weighted by Gasteiger charge is -2.37. The van der Waals surface area contributed by atoms with E-state index >= 15 is 0 Å². The van der Waals surface area contributed by atoms with E-state index in [0.29, 0.717) is 19.7 Å². The molecular weight excluding hydrogens is 292 g/mol. The predicted molar refractivity (Wildman–Crippen MR) is 88.2 cm³/mol. The first-order valence-electron chi connectivity index (χ1n) is 8.51. The minimum absolute atomic E-state index is 0.0402. The fourth-order valence-electron chi connectivity index (χ4n) is 3.17. The summed E-state index contributed by atoms with van der Waals surface area (Å²) in [6.07, 6.45) is 2.38. The highest BCUT2D eigenvalue weighted by Crippen LogP contribution is 2.24. The fraction of sp³-hybridized carbons (Fsp3) is 0.611. The van der Waals surface area contributed by atoms with Crippen molar-refractivity contribution in [1.29, 1.82) is 0 Å². The van der Waals surface area contributed by atoms with Crippen molar-refractivity contribution >= 4 is 5.91 Å². The number of carbonyl (C=O) groups excluding carboxylic acids is 1. The van der Waals surface area contributed by atoms with Gasteiger partial charge in [-0.25, -0.2) is 0 Å². The van der Waals surface area contributed by atoms with Gasteiger partial charge in [-0.3, -0.25) is 9.69 Å². The monoisotopic (exact) mass is 318 g/mol. The zero-order chi connectivity index (χ0) is 16.1. The van der Waals surface area contributed by atoms with Gasteiger partial charge in [0.25, 0.3) is 0 Å². The summed E-state index contributed by atoms with van der Waals surface area (Å²) in [5, 5.41) is 3.00. The molecule has 0 spiro atoms. The van der Waals surface area contributed by atoms with E-state index in [4.69, 9.17) is 9.47 Å². The van der Waals surface area contributed by atoms with E-state index in [1.807, 2.05) is 18.2 Å². The van der Waals surface area contributed by atoms with E-state index in [-0.39, 0.29) is 24.2 Å². The van der Waals surface area contributed by atoms with Gasteiger partial charge in [0.05, 0.1) is 25.4 Å². The van der Waals surface area contributed by atoms with Crippen LogP contribution < -0.4 is 5.32 Å².